The van der Waals surface area contributed by atoms with Crippen LogP contribution in [0.25, 0.3) is 33.4 Å². The van der Waals surface area contributed by atoms with E-state index in [1.165, 1.54) is 12.1 Å². The number of halogens is 4. The lowest BCUT2D eigenvalue weighted by molar-refractivity contribution is -0.137. The van der Waals surface area contributed by atoms with Gasteiger partial charge in [0.2, 0.25) is 0 Å². The molecule has 2 amide bonds. The Hall–Kier alpha value is -4.67. The molecule has 188 valence electrons. The van der Waals surface area contributed by atoms with Gasteiger partial charge in [-0.3, -0.25) is 9.58 Å². The number of amides is 2. The minimum Gasteiger partial charge on any atom is -0.351 e. The molecule has 3 heterocycles. The lowest BCUT2D eigenvalue weighted by Crippen LogP contribution is -2.32. The van der Waals surface area contributed by atoms with Crippen LogP contribution in [-0.2, 0) is 12.7 Å². The number of nitrogens with one attached hydrogen (secondary N) is 1. The van der Waals surface area contributed by atoms with Gasteiger partial charge in [-0.25, -0.2) is 14.2 Å². The van der Waals surface area contributed by atoms with E-state index < -0.39 is 29.3 Å². The van der Waals surface area contributed by atoms with Gasteiger partial charge >= 0.3 is 12.2 Å². The number of nitrogens with zero attached hydrogens (tertiary/aromatic N) is 4. The van der Waals surface area contributed by atoms with Crippen molar-refractivity contribution >= 4 is 28.4 Å². The van der Waals surface area contributed by atoms with Gasteiger partial charge in [0.1, 0.15) is 17.2 Å². The summed E-state index contributed by atoms with van der Waals surface area (Å²) in [6.07, 6.45) is 0.592. The van der Waals surface area contributed by atoms with Crippen LogP contribution in [0.4, 0.5) is 33.7 Å². The smallest absolute Gasteiger partial charge is 0.351 e. The fourth-order valence-electron chi connectivity index (χ4n) is 4.23. The Kier molecular flexibility index (Phi) is 5.90. The molecular formula is C26H20F4N6O. The fourth-order valence-corrected chi connectivity index (χ4v) is 4.23. The molecule has 3 N–H and O–H groups in total. The molecular weight excluding hydrogens is 488 g/mol. The summed E-state index contributed by atoms with van der Waals surface area (Å²) in [5.41, 5.74) is 7.35. The highest BCUT2D eigenvalue weighted by atomic mass is 19.4. The number of carbonyl (C=O) groups is 1. The first-order chi connectivity index (χ1) is 17.7. The van der Waals surface area contributed by atoms with Crippen LogP contribution in [0.5, 0.6) is 0 Å². The zero-order valence-corrected chi connectivity index (χ0v) is 19.4. The normalized spacial score (nSPS) is 11.7. The summed E-state index contributed by atoms with van der Waals surface area (Å²) in [5, 5.41) is 5.55. The number of hydrogen-bond donors (Lipinski definition) is 2. The maximum Gasteiger partial charge on any atom is 0.416 e. The Balaban J connectivity index is 1.66. The van der Waals surface area contributed by atoms with Crippen molar-refractivity contribution in [2.45, 2.75) is 19.6 Å². The van der Waals surface area contributed by atoms with Crippen molar-refractivity contribution in [2.24, 2.45) is 5.73 Å². The molecule has 0 atom stereocenters. The molecule has 0 radical (unpaired) electrons. The highest BCUT2D eigenvalue weighted by Gasteiger charge is 2.32. The minimum atomic E-state index is -4.73. The summed E-state index contributed by atoms with van der Waals surface area (Å²) in [6, 6.07) is 10.8. The Morgan fingerprint density at radius 3 is 2.65 bits per heavy atom. The van der Waals surface area contributed by atoms with Crippen LogP contribution in [0.15, 0.2) is 73.2 Å². The third-order valence-electron chi connectivity index (χ3n) is 5.95. The molecule has 2 aromatic carbocycles. The Morgan fingerprint density at radius 1 is 1.11 bits per heavy atom. The molecule has 37 heavy (non-hydrogen) atoms. The number of aromatic nitrogens is 4. The van der Waals surface area contributed by atoms with Crippen molar-refractivity contribution in [1.82, 2.24) is 19.7 Å². The molecule has 3 aromatic heterocycles. The Morgan fingerprint density at radius 2 is 1.92 bits per heavy atom. The number of anilines is 2. The predicted octanol–water partition coefficient (Wildman–Crippen LogP) is 6.49. The monoisotopic (exact) mass is 508 g/mol. The Bertz CT molecular complexity index is 1620. The molecule has 0 saturated heterocycles. The average molecular weight is 508 g/mol. The van der Waals surface area contributed by atoms with E-state index >= 15 is 0 Å². The highest BCUT2D eigenvalue weighted by molar-refractivity contribution is 6.00. The van der Waals surface area contributed by atoms with E-state index in [-0.39, 0.29) is 5.69 Å². The molecule has 0 fully saturated rings. The number of nitrogens with two attached hydrogens (primary N) is 1. The van der Waals surface area contributed by atoms with Crippen LogP contribution >= 0.6 is 0 Å². The minimum absolute atomic E-state index is 0.0849. The van der Waals surface area contributed by atoms with Gasteiger partial charge in [-0.2, -0.15) is 18.3 Å². The number of urea groups is 1. The summed E-state index contributed by atoms with van der Waals surface area (Å²) in [6.45, 7) is 2.51. The second kappa shape index (κ2) is 9.08. The molecule has 0 bridgehead atoms. The van der Waals surface area contributed by atoms with Crippen molar-refractivity contribution in [3.63, 3.8) is 0 Å². The lowest BCUT2D eigenvalue weighted by Gasteiger charge is -2.23. The molecule has 0 saturated carbocycles. The third-order valence-corrected chi connectivity index (χ3v) is 5.95. The molecule has 0 aliphatic carbocycles. The Labute approximate surface area is 208 Å². The number of carbonyl (C=O) groups excluding carboxylic acids is 1. The summed E-state index contributed by atoms with van der Waals surface area (Å²) in [7, 11) is 0. The maximum absolute atomic E-state index is 14.7. The van der Waals surface area contributed by atoms with Crippen LogP contribution < -0.4 is 10.6 Å². The first kappa shape index (κ1) is 24.0. The van der Waals surface area contributed by atoms with E-state index in [2.05, 4.69) is 15.1 Å². The number of aromatic amines is 1. The summed E-state index contributed by atoms with van der Waals surface area (Å²) < 4.78 is 56.4. The van der Waals surface area contributed by atoms with E-state index in [4.69, 9.17) is 5.73 Å². The number of primary amides is 1. The largest absolute Gasteiger partial charge is 0.416 e. The van der Waals surface area contributed by atoms with E-state index in [0.29, 0.717) is 46.5 Å². The fraction of sp³-hybridized carbons (Fsp3) is 0.115. The van der Waals surface area contributed by atoms with Gasteiger partial charge in [-0.15, -0.1) is 0 Å². The number of hydrogen-bond acceptors (Lipinski definition) is 3. The van der Waals surface area contributed by atoms with Crippen molar-refractivity contribution < 1.29 is 22.4 Å². The third kappa shape index (κ3) is 4.39. The number of benzene rings is 2. The molecule has 0 spiro atoms. The molecule has 7 nitrogen and oxygen atoms in total. The van der Waals surface area contributed by atoms with Crippen LogP contribution in [0, 0.1) is 5.82 Å². The van der Waals surface area contributed by atoms with E-state index in [1.54, 1.807) is 29.2 Å². The van der Waals surface area contributed by atoms with Crippen molar-refractivity contribution in [3.05, 3.63) is 84.6 Å². The average Bonchev–Trinajstić information content (AvgIpc) is 3.52. The maximum atomic E-state index is 14.7. The van der Waals surface area contributed by atoms with Gasteiger partial charge in [-0.1, -0.05) is 12.1 Å². The van der Waals surface area contributed by atoms with Gasteiger partial charge < -0.3 is 10.7 Å². The summed E-state index contributed by atoms with van der Waals surface area (Å²) >= 11 is 0. The zero-order valence-electron chi connectivity index (χ0n) is 19.4. The van der Waals surface area contributed by atoms with Gasteiger partial charge in [0.05, 0.1) is 16.9 Å². The molecule has 5 rings (SSSR count). The molecule has 0 aliphatic rings. The van der Waals surface area contributed by atoms with Gasteiger partial charge in [0.15, 0.2) is 0 Å². The van der Waals surface area contributed by atoms with Crippen LogP contribution in [0.2, 0.25) is 0 Å². The van der Waals surface area contributed by atoms with Crippen LogP contribution in [0.1, 0.15) is 12.5 Å². The van der Waals surface area contributed by atoms with E-state index in [0.717, 1.165) is 16.5 Å². The first-order valence-corrected chi connectivity index (χ1v) is 11.2. The van der Waals surface area contributed by atoms with Gasteiger partial charge in [0, 0.05) is 41.6 Å². The number of rotatable bonds is 5. The topological polar surface area (TPSA) is 92.8 Å². The van der Waals surface area contributed by atoms with Crippen molar-refractivity contribution in [2.75, 3.05) is 4.90 Å². The first-order valence-electron chi connectivity index (χ1n) is 11.2. The van der Waals surface area contributed by atoms with Crippen molar-refractivity contribution in [3.8, 4) is 22.4 Å². The second-order valence-corrected chi connectivity index (χ2v) is 8.23. The number of pyridine rings is 1. The summed E-state index contributed by atoms with van der Waals surface area (Å²) in [5.74, 6) is -1.03. The standard InChI is InChI=1S/C26H20F4N6O/c1-2-35-14-20(18-8-10-32-24-19(18)9-11-33-24)23(34-35)15-4-3-5-17(12-15)36(25(31)37)22-13-16(26(28,29)30)6-7-21(22)27/h3-14H,2H2,1H3,(H2,31,37)(H,32,33). The van der Waals surface area contributed by atoms with Gasteiger partial charge in [0.25, 0.3) is 0 Å². The zero-order chi connectivity index (χ0) is 26.3. The van der Waals surface area contributed by atoms with Crippen molar-refractivity contribution in [1.29, 1.82) is 0 Å². The number of alkyl halides is 3. The number of aryl methyl sites for hydroxylation is 1. The van der Waals surface area contributed by atoms with Crippen LogP contribution in [0.3, 0.4) is 0 Å². The van der Waals surface area contributed by atoms with Crippen LogP contribution in [-0.4, -0.2) is 25.8 Å². The lowest BCUT2D eigenvalue weighted by atomic mass is 10.00. The predicted molar refractivity (Wildman–Crippen MR) is 132 cm³/mol. The SMILES string of the molecule is CCn1cc(-c2ccnc3[nH]ccc23)c(-c2cccc(N(C(N)=O)c3cc(C(F)(F)F)ccc3F)c2)n1. The van der Waals surface area contributed by atoms with E-state index in [9.17, 15) is 22.4 Å². The molecule has 11 heteroatoms. The molecule has 0 unspecified atom stereocenters. The quantitative estimate of drug-likeness (QED) is 0.266. The van der Waals surface area contributed by atoms with Gasteiger partial charge in [-0.05, 0) is 55.0 Å². The molecule has 5 aromatic rings. The summed E-state index contributed by atoms with van der Waals surface area (Å²) in [4.78, 5) is 20.5. The van der Waals surface area contributed by atoms with E-state index in [1.807, 2.05) is 25.3 Å². The molecule has 0 aliphatic heterocycles. The number of H-pyrrole nitrogens is 1. The highest BCUT2D eigenvalue weighted by Crippen LogP contribution is 2.39. The number of fused-ring (bicyclic) bond motifs is 1. The second-order valence-electron chi connectivity index (χ2n) is 8.23.